The van der Waals surface area contributed by atoms with Crippen molar-refractivity contribution in [1.82, 2.24) is 5.32 Å². The van der Waals surface area contributed by atoms with Crippen LogP contribution in [0.15, 0.2) is 36.4 Å². The summed E-state index contributed by atoms with van der Waals surface area (Å²) in [5, 5.41) is 3.80. The Morgan fingerprint density at radius 3 is 2.37 bits per heavy atom. The van der Waals surface area contributed by atoms with Crippen LogP contribution in [0, 0.1) is 13.8 Å². The smallest absolute Gasteiger partial charge is 0.261 e. The standard InChI is InChI=1S/C22H28ClNO3/c1-6-19(16-8-11-21(26-5)15(4)12-16)24-22(25)20(7-2)27-17-9-10-18(23)14(3)13-17/h8-13,19-20H,6-7H2,1-5H3,(H,24,25)/t19-,20-/m0/s1. The predicted octanol–water partition coefficient (Wildman–Crippen LogP) is 5.39. The zero-order chi connectivity index (χ0) is 20.0. The van der Waals surface area contributed by atoms with Gasteiger partial charge in [0.2, 0.25) is 0 Å². The van der Waals surface area contributed by atoms with Crippen molar-refractivity contribution in [3.05, 3.63) is 58.1 Å². The first kappa shape index (κ1) is 21.1. The fourth-order valence-electron chi connectivity index (χ4n) is 2.98. The van der Waals surface area contributed by atoms with Crippen molar-refractivity contribution in [2.45, 2.75) is 52.7 Å². The monoisotopic (exact) mass is 389 g/mol. The second-order valence-corrected chi connectivity index (χ2v) is 7.03. The molecule has 2 rings (SSSR count). The zero-order valence-electron chi connectivity index (χ0n) is 16.6. The molecule has 2 aromatic carbocycles. The first-order valence-electron chi connectivity index (χ1n) is 9.27. The molecule has 2 aromatic rings. The first-order valence-corrected chi connectivity index (χ1v) is 9.65. The van der Waals surface area contributed by atoms with Crippen LogP contribution in [0.25, 0.3) is 0 Å². The summed E-state index contributed by atoms with van der Waals surface area (Å²) in [5.41, 5.74) is 3.02. The second kappa shape index (κ2) is 9.65. The average molecular weight is 390 g/mol. The second-order valence-electron chi connectivity index (χ2n) is 6.62. The molecule has 146 valence electrons. The Kier molecular flexibility index (Phi) is 7.55. The van der Waals surface area contributed by atoms with Crippen LogP contribution >= 0.6 is 11.6 Å². The molecule has 4 nitrogen and oxygen atoms in total. The molecule has 27 heavy (non-hydrogen) atoms. The molecule has 0 aliphatic carbocycles. The highest BCUT2D eigenvalue weighted by Gasteiger charge is 2.22. The van der Waals surface area contributed by atoms with Crippen LogP contribution < -0.4 is 14.8 Å². The number of hydrogen-bond acceptors (Lipinski definition) is 3. The fraction of sp³-hybridized carbons (Fsp3) is 0.409. The predicted molar refractivity (Wildman–Crippen MR) is 110 cm³/mol. The van der Waals surface area contributed by atoms with E-state index in [1.54, 1.807) is 19.2 Å². The zero-order valence-corrected chi connectivity index (χ0v) is 17.4. The number of aryl methyl sites for hydroxylation is 2. The number of hydrogen-bond donors (Lipinski definition) is 1. The minimum atomic E-state index is -0.557. The van der Waals surface area contributed by atoms with E-state index in [1.807, 2.05) is 39.0 Å². The Morgan fingerprint density at radius 1 is 1.07 bits per heavy atom. The third-order valence-electron chi connectivity index (χ3n) is 4.62. The lowest BCUT2D eigenvalue weighted by Crippen LogP contribution is -2.40. The van der Waals surface area contributed by atoms with Crippen molar-refractivity contribution in [2.75, 3.05) is 7.11 Å². The van der Waals surface area contributed by atoms with Crippen molar-refractivity contribution in [1.29, 1.82) is 0 Å². The lowest BCUT2D eigenvalue weighted by Gasteiger charge is -2.23. The summed E-state index contributed by atoms with van der Waals surface area (Å²) in [7, 11) is 1.66. The summed E-state index contributed by atoms with van der Waals surface area (Å²) in [4.78, 5) is 12.8. The molecule has 0 heterocycles. The van der Waals surface area contributed by atoms with Crippen molar-refractivity contribution < 1.29 is 14.3 Å². The summed E-state index contributed by atoms with van der Waals surface area (Å²) >= 11 is 6.06. The number of ether oxygens (including phenoxy) is 2. The molecule has 0 bridgehead atoms. The normalized spacial score (nSPS) is 13.0. The third-order valence-corrected chi connectivity index (χ3v) is 5.04. The van der Waals surface area contributed by atoms with Gasteiger partial charge in [0.15, 0.2) is 6.10 Å². The van der Waals surface area contributed by atoms with E-state index >= 15 is 0 Å². The van der Waals surface area contributed by atoms with Gasteiger partial charge in [-0.2, -0.15) is 0 Å². The molecule has 5 heteroatoms. The van der Waals surface area contributed by atoms with Crippen molar-refractivity contribution >= 4 is 17.5 Å². The molecule has 1 amide bonds. The molecule has 2 atom stereocenters. The van der Waals surface area contributed by atoms with Gasteiger partial charge >= 0.3 is 0 Å². The number of rotatable bonds is 8. The molecule has 0 aliphatic rings. The van der Waals surface area contributed by atoms with Crippen LogP contribution in [0.3, 0.4) is 0 Å². The van der Waals surface area contributed by atoms with Crippen LogP contribution in [-0.2, 0) is 4.79 Å². The van der Waals surface area contributed by atoms with Gasteiger partial charge in [-0.3, -0.25) is 4.79 Å². The Morgan fingerprint density at radius 2 is 1.81 bits per heavy atom. The fourth-order valence-corrected chi connectivity index (χ4v) is 3.10. The van der Waals surface area contributed by atoms with Gasteiger partial charge in [0, 0.05) is 5.02 Å². The SMILES string of the molecule is CC[C@H](Oc1ccc(Cl)c(C)c1)C(=O)N[C@@H](CC)c1ccc(OC)c(C)c1. The number of carbonyl (C=O) groups excluding carboxylic acids is 1. The van der Waals surface area contributed by atoms with Gasteiger partial charge in [0.05, 0.1) is 13.2 Å². The van der Waals surface area contributed by atoms with Crippen molar-refractivity contribution in [2.24, 2.45) is 0 Å². The molecule has 0 aliphatic heterocycles. The quantitative estimate of drug-likeness (QED) is 0.658. The first-order chi connectivity index (χ1) is 12.9. The van der Waals surface area contributed by atoms with E-state index in [0.717, 1.165) is 28.9 Å². The van der Waals surface area contributed by atoms with Gasteiger partial charge in [-0.15, -0.1) is 0 Å². The molecule has 0 unspecified atom stereocenters. The summed E-state index contributed by atoms with van der Waals surface area (Å²) < 4.78 is 11.2. The molecular weight excluding hydrogens is 362 g/mol. The van der Waals surface area contributed by atoms with Gasteiger partial charge in [-0.25, -0.2) is 0 Å². The molecule has 0 radical (unpaired) electrons. The lowest BCUT2D eigenvalue weighted by molar-refractivity contribution is -0.128. The Labute approximate surface area is 166 Å². The highest BCUT2D eigenvalue weighted by Crippen LogP contribution is 2.25. The molecule has 0 saturated heterocycles. The van der Waals surface area contributed by atoms with Crippen molar-refractivity contribution in [3.8, 4) is 11.5 Å². The van der Waals surface area contributed by atoms with Gasteiger partial charge < -0.3 is 14.8 Å². The maximum atomic E-state index is 12.8. The van der Waals surface area contributed by atoms with Crippen LogP contribution in [-0.4, -0.2) is 19.1 Å². The summed E-state index contributed by atoms with van der Waals surface area (Å²) in [6.45, 7) is 7.90. The Bertz CT molecular complexity index is 791. The van der Waals surface area contributed by atoms with E-state index in [4.69, 9.17) is 21.1 Å². The molecule has 0 saturated carbocycles. The molecule has 0 spiro atoms. The number of methoxy groups -OCH3 is 1. The van der Waals surface area contributed by atoms with E-state index in [-0.39, 0.29) is 11.9 Å². The van der Waals surface area contributed by atoms with Gasteiger partial charge in [-0.05, 0) is 67.6 Å². The third kappa shape index (κ3) is 5.39. The van der Waals surface area contributed by atoms with Crippen LogP contribution in [0.4, 0.5) is 0 Å². The number of nitrogens with one attached hydrogen (secondary N) is 1. The summed E-state index contributed by atoms with van der Waals surface area (Å²) in [5.74, 6) is 1.37. The van der Waals surface area contributed by atoms with E-state index in [9.17, 15) is 4.79 Å². The number of halogens is 1. The Balaban J connectivity index is 2.11. The van der Waals surface area contributed by atoms with Gasteiger partial charge in [0.25, 0.3) is 5.91 Å². The number of amides is 1. The summed E-state index contributed by atoms with van der Waals surface area (Å²) in [6.07, 6.45) is 0.804. The molecule has 0 aromatic heterocycles. The lowest BCUT2D eigenvalue weighted by atomic mass is 10.0. The van der Waals surface area contributed by atoms with Gasteiger partial charge in [0.1, 0.15) is 11.5 Å². The van der Waals surface area contributed by atoms with Crippen LogP contribution in [0.5, 0.6) is 11.5 Å². The van der Waals surface area contributed by atoms with E-state index < -0.39 is 6.10 Å². The highest BCUT2D eigenvalue weighted by molar-refractivity contribution is 6.31. The van der Waals surface area contributed by atoms with E-state index in [1.165, 1.54) is 0 Å². The maximum Gasteiger partial charge on any atom is 0.261 e. The van der Waals surface area contributed by atoms with Crippen LogP contribution in [0.2, 0.25) is 5.02 Å². The summed E-state index contributed by atoms with van der Waals surface area (Å²) in [6, 6.07) is 11.3. The molecular formula is C22H28ClNO3. The molecule has 1 N–H and O–H groups in total. The average Bonchev–Trinajstić information content (AvgIpc) is 2.66. The van der Waals surface area contributed by atoms with Crippen LogP contribution in [0.1, 0.15) is 49.4 Å². The topological polar surface area (TPSA) is 47.6 Å². The number of carbonyl (C=O) groups is 1. The Hall–Kier alpha value is -2.20. The van der Waals surface area contributed by atoms with E-state index in [2.05, 4.69) is 18.3 Å². The minimum absolute atomic E-state index is 0.0771. The minimum Gasteiger partial charge on any atom is -0.496 e. The van der Waals surface area contributed by atoms with Gasteiger partial charge in [-0.1, -0.05) is 37.6 Å². The van der Waals surface area contributed by atoms with E-state index in [0.29, 0.717) is 17.2 Å². The van der Waals surface area contributed by atoms with Crippen molar-refractivity contribution in [3.63, 3.8) is 0 Å². The number of benzene rings is 2. The largest absolute Gasteiger partial charge is 0.496 e. The molecule has 0 fully saturated rings. The maximum absolute atomic E-state index is 12.8. The highest BCUT2D eigenvalue weighted by atomic mass is 35.5.